The predicted octanol–water partition coefficient (Wildman–Crippen LogP) is 4.70. The molecule has 3 heterocycles. The van der Waals surface area contributed by atoms with Crippen molar-refractivity contribution >= 4 is 28.9 Å². The van der Waals surface area contributed by atoms with E-state index in [4.69, 9.17) is 4.74 Å². The summed E-state index contributed by atoms with van der Waals surface area (Å²) in [6.07, 6.45) is 1.70. The van der Waals surface area contributed by atoms with Gasteiger partial charge in [-0.2, -0.15) is 5.26 Å². The number of para-hydroxylation sites is 1. The summed E-state index contributed by atoms with van der Waals surface area (Å²) in [5.41, 5.74) is 3.98. The first-order chi connectivity index (χ1) is 13.5. The van der Waals surface area contributed by atoms with E-state index in [1.54, 1.807) is 11.8 Å². The molecule has 4 rings (SSSR count). The molecule has 0 aliphatic carbocycles. The van der Waals surface area contributed by atoms with Crippen LogP contribution in [0.1, 0.15) is 43.9 Å². The highest BCUT2D eigenvalue weighted by Crippen LogP contribution is 2.38. The summed E-state index contributed by atoms with van der Waals surface area (Å²) >= 11 is 1.65. The molecule has 0 spiro atoms. The monoisotopic (exact) mass is 393 g/mol. The number of nitrogens with zero attached hydrogens (tertiary/aromatic N) is 4. The van der Waals surface area contributed by atoms with Gasteiger partial charge in [-0.3, -0.25) is 4.40 Å². The average molecular weight is 394 g/mol. The Labute approximate surface area is 168 Å². The minimum Gasteiger partial charge on any atom is -0.370 e. The SMILES string of the molecule is CCCSc1nnc2c3c(c(C#N)c(Nc4ccccc4)n12)CC(C)(C)OC3. The summed E-state index contributed by atoms with van der Waals surface area (Å²) in [6, 6.07) is 12.3. The summed E-state index contributed by atoms with van der Waals surface area (Å²) in [5, 5.41) is 23.2. The summed E-state index contributed by atoms with van der Waals surface area (Å²) in [6.45, 7) is 6.68. The molecule has 1 N–H and O–H groups in total. The number of pyridine rings is 1. The van der Waals surface area contributed by atoms with Crippen LogP contribution >= 0.6 is 11.8 Å². The maximum Gasteiger partial charge on any atom is 0.197 e. The van der Waals surface area contributed by atoms with Gasteiger partial charge in [0.25, 0.3) is 0 Å². The van der Waals surface area contributed by atoms with E-state index < -0.39 is 0 Å². The molecule has 0 bridgehead atoms. The average Bonchev–Trinajstić information content (AvgIpc) is 3.10. The Kier molecular flexibility index (Phi) is 5.00. The second-order valence-corrected chi connectivity index (χ2v) is 8.56. The Balaban J connectivity index is 1.97. The number of rotatable bonds is 5. The van der Waals surface area contributed by atoms with Gasteiger partial charge in [-0.05, 0) is 38.0 Å². The number of benzene rings is 1. The van der Waals surface area contributed by atoms with Crippen LogP contribution in [0.15, 0.2) is 35.5 Å². The third-order valence-corrected chi connectivity index (χ3v) is 5.96. The highest BCUT2D eigenvalue weighted by Gasteiger charge is 2.33. The van der Waals surface area contributed by atoms with Crippen molar-refractivity contribution in [3.8, 4) is 6.07 Å². The van der Waals surface area contributed by atoms with Crippen molar-refractivity contribution in [2.24, 2.45) is 0 Å². The summed E-state index contributed by atoms with van der Waals surface area (Å²) in [5.74, 6) is 1.66. The van der Waals surface area contributed by atoms with Gasteiger partial charge in [0.15, 0.2) is 10.8 Å². The first-order valence-electron chi connectivity index (χ1n) is 9.46. The molecule has 0 radical (unpaired) electrons. The van der Waals surface area contributed by atoms with Crippen LogP contribution in [0.4, 0.5) is 11.5 Å². The number of aromatic nitrogens is 3. The van der Waals surface area contributed by atoms with Crippen molar-refractivity contribution in [2.75, 3.05) is 11.1 Å². The zero-order valence-corrected chi connectivity index (χ0v) is 17.1. The zero-order chi connectivity index (χ0) is 19.7. The minimum atomic E-state index is -0.319. The van der Waals surface area contributed by atoms with Crippen LogP contribution < -0.4 is 5.32 Å². The molecular formula is C21H23N5OS. The second kappa shape index (κ2) is 7.46. The molecule has 0 atom stereocenters. The van der Waals surface area contributed by atoms with Crippen molar-refractivity contribution in [1.82, 2.24) is 14.6 Å². The van der Waals surface area contributed by atoms with E-state index in [0.717, 1.165) is 45.6 Å². The predicted molar refractivity (Wildman–Crippen MR) is 111 cm³/mol. The maximum atomic E-state index is 10.1. The molecule has 0 saturated heterocycles. The van der Waals surface area contributed by atoms with Gasteiger partial charge < -0.3 is 10.1 Å². The Morgan fingerprint density at radius 3 is 2.75 bits per heavy atom. The third-order valence-electron chi connectivity index (χ3n) is 4.82. The van der Waals surface area contributed by atoms with Crippen LogP contribution in [-0.2, 0) is 17.8 Å². The molecule has 6 nitrogen and oxygen atoms in total. The standard InChI is InChI=1S/C21H23N5OS/c1-4-10-28-20-25-24-19-17-13-27-21(2,3)11-15(17)16(12-22)18(26(19)20)23-14-8-6-5-7-9-14/h5-9,23H,4,10-11,13H2,1-3H3. The van der Waals surface area contributed by atoms with Crippen LogP contribution in [0.2, 0.25) is 0 Å². The Hall–Kier alpha value is -2.56. The fourth-order valence-corrected chi connectivity index (χ4v) is 4.27. The maximum absolute atomic E-state index is 10.1. The molecule has 3 aromatic rings. The smallest absolute Gasteiger partial charge is 0.197 e. The molecule has 1 aliphatic heterocycles. The first kappa shape index (κ1) is 18.8. The molecule has 0 unspecified atom stereocenters. The number of ether oxygens (including phenoxy) is 1. The van der Waals surface area contributed by atoms with Crippen molar-refractivity contribution in [3.05, 3.63) is 47.0 Å². The van der Waals surface area contributed by atoms with Gasteiger partial charge in [0.1, 0.15) is 11.9 Å². The summed E-state index contributed by atoms with van der Waals surface area (Å²) < 4.78 is 8.01. The van der Waals surface area contributed by atoms with Crippen molar-refractivity contribution in [1.29, 1.82) is 5.26 Å². The van der Waals surface area contributed by atoms with E-state index in [9.17, 15) is 5.26 Å². The van der Waals surface area contributed by atoms with Gasteiger partial charge in [-0.15, -0.1) is 10.2 Å². The Bertz CT molecular complexity index is 1050. The van der Waals surface area contributed by atoms with E-state index in [2.05, 4.69) is 42.4 Å². The number of hydrogen-bond acceptors (Lipinski definition) is 6. The fraction of sp³-hybridized carbons (Fsp3) is 0.381. The van der Waals surface area contributed by atoms with Gasteiger partial charge in [-0.25, -0.2) is 0 Å². The van der Waals surface area contributed by atoms with Gasteiger partial charge in [0, 0.05) is 23.4 Å². The molecule has 28 heavy (non-hydrogen) atoms. The molecule has 2 aromatic heterocycles. The molecule has 1 aromatic carbocycles. The molecule has 144 valence electrons. The molecule has 0 amide bonds. The molecule has 7 heteroatoms. The zero-order valence-electron chi connectivity index (χ0n) is 16.3. The Morgan fingerprint density at radius 2 is 2.04 bits per heavy atom. The number of hydrogen-bond donors (Lipinski definition) is 1. The van der Waals surface area contributed by atoms with E-state index in [0.29, 0.717) is 18.6 Å². The molecule has 0 fully saturated rings. The minimum absolute atomic E-state index is 0.319. The van der Waals surface area contributed by atoms with Crippen LogP contribution in [0.25, 0.3) is 5.65 Å². The second-order valence-electron chi connectivity index (χ2n) is 7.50. The van der Waals surface area contributed by atoms with Gasteiger partial charge in [-0.1, -0.05) is 36.9 Å². The number of anilines is 2. The number of nitrogens with one attached hydrogen (secondary N) is 1. The van der Waals surface area contributed by atoms with E-state index >= 15 is 0 Å². The quantitative estimate of drug-likeness (QED) is 0.634. The summed E-state index contributed by atoms with van der Waals surface area (Å²) in [4.78, 5) is 0. The Morgan fingerprint density at radius 1 is 1.25 bits per heavy atom. The van der Waals surface area contributed by atoms with E-state index in [1.165, 1.54) is 0 Å². The van der Waals surface area contributed by atoms with Gasteiger partial charge in [0.05, 0.1) is 17.8 Å². The lowest BCUT2D eigenvalue weighted by Crippen LogP contribution is -2.33. The topological polar surface area (TPSA) is 75.2 Å². The fourth-order valence-electron chi connectivity index (χ4n) is 3.48. The van der Waals surface area contributed by atoms with Crippen molar-refractivity contribution in [2.45, 2.75) is 51.0 Å². The number of fused-ring (bicyclic) bond motifs is 3. The molecular weight excluding hydrogens is 370 g/mol. The van der Waals surface area contributed by atoms with Gasteiger partial charge in [0.2, 0.25) is 0 Å². The highest BCUT2D eigenvalue weighted by atomic mass is 32.2. The normalized spacial score (nSPS) is 15.2. The lowest BCUT2D eigenvalue weighted by Gasteiger charge is -2.33. The lowest BCUT2D eigenvalue weighted by atomic mass is 9.89. The number of thioether (sulfide) groups is 1. The molecule has 1 aliphatic rings. The van der Waals surface area contributed by atoms with E-state index in [1.807, 2.05) is 34.7 Å². The van der Waals surface area contributed by atoms with Crippen LogP contribution in [0.5, 0.6) is 0 Å². The highest BCUT2D eigenvalue weighted by molar-refractivity contribution is 7.99. The molecule has 0 saturated carbocycles. The third kappa shape index (κ3) is 3.34. The van der Waals surface area contributed by atoms with E-state index in [-0.39, 0.29) is 5.60 Å². The largest absolute Gasteiger partial charge is 0.370 e. The first-order valence-corrected chi connectivity index (χ1v) is 10.4. The van der Waals surface area contributed by atoms with Crippen LogP contribution in [0, 0.1) is 11.3 Å². The van der Waals surface area contributed by atoms with Crippen molar-refractivity contribution < 1.29 is 4.74 Å². The van der Waals surface area contributed by atoms with Crippen LogP contribution in [0.3, 0.4) is 0 Å². The van der Waals surface area contributed by atoms with Crippen LogP contribution in [-0.4, -0.2) is 26.0 Å². The van der Waals surface area contributed by atoms with Crippen molar-refractivity contribution in [3.63, 3.8) is 0 Å². The summed E-state index contributed by atoms with van der Waals surface area (Å²) in [7, 11) is 0. The number of nitriles is 1. The van der Waals surface area contributed by atoms with Gasteiger partial charge >= 0.3 is 0 Å². The lowest BCUT2D eigenvalue weighted by molar-refractivity contribution is -0.0397.